The Bertz CT molecular complexity index is 895. The summed E-state index contributed by atoms with van der Waals surface area (Å²) in [4.78, 5) is 0.105. The van der Waals surface area contributed by atoms with E-state index in [1.165, 1.54) is 7.11 Å². The number of nitrogens with one attached hydrogen (secondary N) is 1. The van der Waals surface area contributed by atoms with E-state index >= 15 is 0 Å². The second-order valence-corrected chi connectivity index (χ2v) is 7.12. The molecule has 0 aliphatic rings. The maximum absolute atomic E-state index is 12.4. The van der Waals surface area contributed by atoms with Gasteiger partial charge in [0.2, 0.25) is 10.0 Å². The van der Waals surface area contributed by atoms with Crippen LogP contribution in [0.3, 0.4) is 0 Å². The van der Waals surface area contributed by atoms with Crippen LogP contribution in [0.1, 0.15) is 11.1 Å². The van der Waals surface area contributed by atoms with Crippen molar-refractivity contribution in [2.75, 3.05) is 20.3 Å². The molecule has 0 fully saturated rings. The molecule has 0 saturated heterocycles. The molecule has 2 aromatic rings. The summed E-state index contributed by atoms with van der Waals surface area (Å²) in [6.45, 7) is 3.96. The molecule has 0 spiro atoms. The molecular weight excluding hydrogens is 338 g/mol. The first-order valence-electron chi connectivity index (χ1n) is 7.72. The van der Waals surface area contributed by atoms with Crippen molar-refractivity contribution in [3.63, 3.8) is 0 Å². The Morgan fingerprint density at radius 3 is 2.52 bits per heavy atom. The van der Waals surface area contributed by atoms with Gasteiger partial charge in [0.05, 0.1) is 13.7 Å². The predicted octanol–water partition coefficient (Wildman–Crippen LogP) is 2.67. The van der Waals surface area contributed by atoms with Gasteiger partial charge in [0.1, 0.15) is 23.0 Å². The Labute approximate surface area is 149 Å². The zero-order valence-electron chi connectivity index (χ0n) is 14.5. The number of hydrogen-bond donors (Lipinski definition) is 1. The summed E-state index contributed by atoms with van der Waals surface area (Å²) < 4.78 is 37.8. The number of rotatable bonds is 6. The number of para-hydroxylation sites is 1. The van der Waals surface area contributed by atoms with Gasteiger partial charge in [-0.1, -0.05) is 36.1 Å². The smallest absolute Gasteiger partial charge is 0.245 e. The highest BCUT2D eigenvalue weighted by atomic mass is 32.2. The molecule has 0 bridgehead atoms. The quantitative estimate of drug-likeness (QED) is 0.806. The van der Waals surface area contributed by atoms with E-state index in [-0.39, 0.29) is 18.0 Å². The molecule has 0 unspecified atom stereocenters. The minimum absolute atomic E-state index is 0.00341. The summed E-state index contributed by atoms with van der Waals surface area (Å²) >= 11 is 0. The van der Waals surface area contributed by atoms with Gasteiger partial charge in [-0.25, -0.2) is 8.42 Å². The molecule has 0 aliphatic carbocycles. The Morgan fingerprint density at radius 1 is 1.04 bits per heavy atom. The van der Waals surface area contributed by atoms with Gasteiger partial charge in [-0.05, 0) is 43.2 Å². The molecule has 6 heteroatoms. The van der Waals surface area contributed by atoms with Crippen LogP contribution in [0.5, 0.6) is 11.5 Å². The second-order valence-electron chi connectivity index (χ2n) is 5.39. The third-order valence-corrected chi connectivity index (χ3v) is 4.90. The van der Waals surface area contributed by atoms with Crippen LogP contribution in [-0.4, -0.2) is 28.7 Å². The number of sulfonamides is 1. The maximum atomic E-state index is 12.4. The van der Waals surface area contributed by atoms with Crippen molar-refractivity contribution in [3.05, 3.63) is 53.6 Å². The van der Waals surface area contributed by atoms with Crippen molar-refractivity contribution in [1.82, 2.24) is 4.72 Å². The molecular formula is C19H21NO4S. The topological polar surface area (TPSA) is 64.6 Å². The van der Waals surface area contributed by atoms with Gasteiger partial charge in [0.25, 0.3) is 0 Å². The summed E-state index contributed by atoms with van der Waals surface area (Å²) in [5.41, 5.74) is 1.86. The van der Waals surface area contributed by atoms with E-state index in [9.17, 15) is 8.42 Å². The fourth-order valence-corrected chi connectivity index (χ4v) is 3.32. The summed E-state index contributed by atoms with van der Waals surface area (Å²) in [5, 5.41) is 0. The third-order valence-electron chi connectivity index (χ3n) is 3.48. The number of aryl methyl sites for hydroxylation is 2. The molecule has 0 aliphatic heterocycles. The van der Waals surface area contributed by atoms with E-state index in [2.05, 4.69) is 16.6 Å². The van der Waals surface area contributed by atoms with E-state index in [1.54, 1.807) is 18.2 Å². The van der Waals surface area contributed by atoms with Crippen molar-refractivity contribution in [1.29, 1.82) is 0 Å². The number of benzene rings is 2. The van der Waals surface area contributed by atoms with Gasteiger partial charge in [-0.3, -0.25) is 0 Å². The van der Waals surface area contributed by atoms with Crippen molar-refractivity contribution in [3.8, 4) is 23.3 Å². The Hall–Kier alpha value is -2.49. The van der Waals surface area contributed by atoms with Gasteiger partial charge in [-0.15, -0.1) is 0 Å². The lowest BCUT2D eigenvalue weighted by Gasteiger charge is -2.10. The summed E-state index contributed by atoms with van der Waals surface area (Å²) in [7, 11) is -2.25. The molecule has 2 rings (SSSR count). The largest absolute Gasteiger partial charge is 0.495 e. The van der Waals surface area contributed by atoms with Crippen molar-refractivity contribution in [2.45, 2.75) is 18.7 Å². The Morgan fingerprint density at radius 2 is 1.80 bits per heavy atom. The molecule has 132 valence electrons. The normalized spacial score (nSPS) is 10.7. The van der Waals surface area contributed by atoms with Crippen LogP contribution < -0.4 is 14.2 Å². The molecule has 0 amide bonds. The zero-order valence-corrected chi connectivity index (χ0v) is 15.3. The SMILES string of the molecule is COc1ccc(C)cc1S(=O)(=O)NCC#CCOc1ccccc1C. The van der Waals surface area contributed by atoms with Crippen molar-refractivity contribution >= 4 is 10.0 Å². The van der Waals surface area contributed by atoms with E-state index < -0.39 is 10.0 Å². The second kappa shape index (κ2) is 8.56. The molecule has 0 saturated carbocycles. The van der Waals surface area contributed by atoms with Crippen LogP contribution in [0.2, 0.25) is 0 Å². The molecule has 0 aromatic heterocycles. The molecule has 0 heterocycles. The first-order valence-corrected chi connectivity index (χ1v) is 9.21. The monoisotopic (exact) mass is 359 g/mol. The molecule has 1 N–H and O–H groups in total. The zero-order chi connectivity index (χ0) is 18.3. The van der Waals surface area contributed by atoms with Gasteiger partial charge < -0.3 is 9.47 Å². The highest BCUT2D eigenvalue weighted by molar-refractivity contribution is 7.89. The Kier molecular flexibility index (Phi) is 6.45. The average Bonchev–Trinajstić information content (AvgIpc) is 2.59. The highest BCUT2D eigenvalue weighted by Gasteiger charge is 2.18. The number of ether oxygens (including phenoxy) is 2. The van der Waals surface area contributed by atoms with Gasteiger partial charge in [0.15, 0.2) is 0 Å². The van der Waals surface area contributed by atoms with Crippen LogP contribution in [0.4, 0.5) is 0 Å². The molecule has 0 atom stereocenters. The van der Waals surface area contributed by atoms with Crippen LogP contribution >= 0.6 is 0 Å². The van der Waals surface area contributed by atoms with Crippen LogP contribution in [0, 0.1) is 25.7 Å². The molecule has 25 heavy (non-hydrogen) atoms. The standard InChI is InChI=1S/C19H21NO4S/c1-15-10-11-18(23-3)19(14-15)25(21,22)20-12-6-7-13-24-17-9-5-4-8-16(17)2/h4-5,8-11,14,20H,12-13H2,1-3H3. The van der Waals surface area contributed by atoms with Gasteiger partial charge in [-0.2, -0.15) is 4.72 Å². The minimum atomic E-state index is -3.69. The average molecular weight is 359 g/mol. The molecule has 0 radical (unpaired) electrons. The van der Waals surface area contributed by atoms with Crippen molar-refractivity contribution in [2.24, 2.45) is 0 Å². The van der Waals surface area contributed by atoms with E-state index in [4.69, 9.17) is 9.47 Å². The molecule has 2 aromatic carbocycles. The fourth-order valence-electron chi connectivity index (χ4n) is 2.15. The molecule has 5 nitrogen and oxygen atoms in total. The summed E-state index contributed by atoms with van der Waals surface area (Å²) in [6.07, 6.45) is 0. The van der Waals surface area contributed by atoms with Gasteiger partial charge >= 0.3 is 0 Å². The van der Waals surface area contributed by atoms with E-state index in [0.29, 0.717) is 5.75 Å². The predicted molar refractivity (Wildman–Crippen MR) is 97.4 cm³/mol. The summed E-state index contributed by atoms with van der Waals surface area (Å²) in [5.74, 6) is 6.61. The summed E-state index contributed by atoms with van der Waals surface area (Å²) in [6, 6.07) is 12.6. The lowest BCUT2D eigenvalue weighted by Crippen LogP contribution is -2.24. The lowest BCUT2D eigenvalue weighted by atomic mass is 10.2. The number of hydrogen-bond acceptors (Lipinski definition) is 4. The lowest BCUT2D eigenvalue weighted by molar-refractivity contribution is 0.367. The van der Waals surface area contributed by atoms with E-state index in [0.717, 1.165) is 16.9 Å². The number of methoxy groups -OCH3 is 1. The first kappa shape index (κ1) is 18.8. The first-order chi connectivity index (χ1) is 11.9. The highest BCUT2D eigenvalue weighted by Crippen LogP contribution is 2.24. The minimum Gasteiger partial charge on any atom is -0.495 e. The maximum Gasteiger partial charge on any atom is 0.245 e. The third kappa shape index (κ3) is 5.24. The van der Waals surface area contributed by atoms with Crippen LogP contribution in [0.25, 0.3) is 0 Å². The van der Waals surface area contributed by atoms with Crippen molar-refractivity contribution < 1.29 is 17.9 Å². The van der Waals surface area contributed by atoms with Gasteiger partial charge in [0, 0.05) is 0 Å². The Balaban J connectivity index is 1.93. The van der Waals surface area contributed by atoms with Crippen LogP contribution in [0.15, 0.2) is 47.4 Å². The van der Waals surface area contributed by atoms with Crippen LogP contribution in [-0.2, 0) is 10.0 Å². The fraction of sp³-hybridized carbons (Fsp3) is 0.263. The van der Waals surface area contributed by atoms with E-state index in [1.807, 2.05) is 38.1 Å².